The molecule has 104 valence electrons. The maximum absolute atomic E-state index is 13.5. The fourth-order valence-electron chi connectivity index (χ4n) is 1.82. The number of halogens is 2. The first-order valence-corrected chi connectivity index (χ1v) is 6.63. The number of rotatable bonds is 5. The lowest BCUT2D eigenvalue weighted by molar-refractivity contribution is -0.120. The Morgan fingerprint density at radius 3 is 2.85 bits per heavy atom. The molecule has 0 saturated carbocycles. The van der Waals surface area contributed by atoms with Crippen molar-refractivity contribution < 1.29 is 9.18 Å². The molecule has 0 aliphatic rings. The summed E-state index contributed by atoms with van der Waals surface area (Å²) >= 11 is 5.88. The van der Waals surface area contributed by atoms with E-state index in [1.54, 1.807) is 18.5 Å². The van der Waals surface area contributed by atoms with E-state index < -0.39 is 5.82 Å². The van der Waals surface area contributed by atoms with Crippen LogP contribution < -0.4 is 5.32 Å². The van der Waals surface area contributed by atoms with Crippen molar-refractivity contribution in [1.29, 1.82) is 0 Å². The van der Waals surface area contributed by atoms with Gasteiger partial charge in [-0.05, 0) is 30.2 Å². The van der Waals surface area contributed by atoms with Gasteiger partial charge in [0.1, 0.15) is 5.82 Å². The van der Waals surface area contributed by atoms with Gasteiger partial charge in [-0.3, -0.25) is 9.78 Å². The smallest absolute Gasteiger partial charge is 0.224 e. The molecule has 20 heavy (non-hydrogen) atoms. The number of amides is 1. The van der Waals surface area contributed by atoms with Gasteiger partial charge in [-0.2, -0.15) is 0 Å². The molecule has 3 nitrogen and oxygen atoms in total. The zero-order valence-corrected chi connectivity index (χ0v) is 11.5. The standard InChI is InChI=1S/C15H14ClFN2O/c16-13-4-1-5-14(17)12(13)9-15(20)19-8-6-11-3-2-7-18-10-11/h1-5,7,10H,6,8-9H2,(H,19,20). The summed E-state index contributed by atoms with van der Waals surface area (Å²) in [5.41, 5.74) is 1.27. The maximum Gasteiger partial charge on any atom is 0.224 e. The zero-order valence-electron chi connectivity index (χ0n) is 10.8. The molecule has 0 saturated heterocycles. The topological polar surface area (TPSA) is 42.0 Å². The van der Waals surface area contributed by atoms with E-state index in [0.29, 0.717) is 13.0 Å². The molecule has 1 heterocycles. The molecule has 0 unspecified atom stereocenters. The number of carbonyl (C=O) groups excluding carboxylic acids is 1. The molecule has 1 aromatic heterocycles. The van der Waals surface area contributed by atoms with Gasteiger partial charge in [0, 0.05) is 29.5 Å². The van der Waals surface area contributed by atoms with Crippen LogP contribution in [0.25, 0.3) is 0 Å². The van der Waals surface area contributed by atoms with Gasteiger partial charge in [0.05, 0.1) is 6.42 Å². The predicted molar refractivity (Wildman–Crippen MR) is 76.1 cm³/mol. The molecule has 0 radical (unpaired) electrons. The van der Waals surface area contributed by atoms with Crippen molar-refractivity contribution in [1.82, 2.24) is 10.3 Å². The van der Waals surface area contributed by atoms with Crippen LogP contribution in [0.5, 0.6) is 0 Å². The van der Waals surface area contributed by atoms with Crippen LogP contribution >= 0.6 is 11.6 Å². The van der Waals surface area contributed by atoms with Gasteiger partial charge in [0.2, 0.25) is 5.91 Å². The molecule has 2 aromatic rings. The van der Waals surface area contributed by atoms with Gasteiger partial charge in [-0.25, -0.2) is 4.39 Å². The molecule has 2 rings (SSSR count). The van der Waals surface area contributed by atoms with Crippen molar-refractivity contribution in [3.8, 4) is 0 Å². The molecule has 0 bridgehead atoms. The molecule has 5 heteroatoms. The summed E-state index contributed by atoms with van der Waals surface area (Å²) in [4.78, 5) is 15.7. The first kappa shape index (κ1) is 14.5. The largest absolute Gasteiger partial charge is 0.355 e. The lowest BCUT2D eigenvalue weighted by Crippen LogP contribution is -2.27. The van der Waals surface area contributed by atoms with E-state index in [0.717, 1.165) is 5.56 Å². The van der Waals surface area contributed by atoms with E-state index in [4.69, 9.17) is 11.6 Å². The van der Waals surface area contributed by atoms with Crippen LogP contribution in [0.1, 0.15) is 11.1 Å². The number of aromatic nitrogens is 1. The quantitative estimate of drug-likeness (QED) is 0.921. The Morgan fingerprint density at radius 2 is 2.15 bits per heavy atom. The summed E-state index contributed by atoms with van der Waals surface area (Å²) in [6, 6.07) is 8.16. The van der Waals surface area contributed by atoms with Crippen molar-refractivity contribution in [3.63, 3.8) is 0 Å². The van der Waals surface area contributed by atoms with E-state index in [2.05, 4.69) is 10.3 Å². The molecule has 1 amide bonds. The van der Waals surface area contributed by atoms with Crippen molar-refractivity contribution >= 4 is 17.5 Å². The highest BCUT2D eigenvalue weighted by Gasteiger charge is 2.11. The van der Waals surface area contributed by atoms with Crippen LogP contribution in [0.4, 0.5) is 4.39 Å². The molecule has 0 fully saturated rings. The normalized spacial score (nSPS) is 10.3. The highest BCUT2D eigenvalue weighted by atomic mass is 35.5. The SMILES string of the molecule is O=C(Cc1c(F)cccc1Cl)NCCc1cccnc1. The minimum atomic E-state index is -0.458. The molecule has 0 aliphatic heterocycles. The van der Waals surface area contributed by atoms with E-state index >= 15 is 0 Å². The molecule has 1 aromatic carbocycles. The lowest BCUT2D eigenvalue weighted by Gasteiger charge is -2.07. The van der Waals surface area contributed by atoms with E-state index in [9.17, 15) is 9.18 Å². The second-order valence-electron chi connectivity index (χ2n) is 4.34. The molecule has 0 spiro atoms. The van der Waals surface area contributed by atoms with Crippen molar-refractivity contribution in [2.24, 2.45) is 0 Å². The van der Waals surface area contributed by atoms with Crippen LogP contribution in [-0.2, 0) is 17.6 Å². The van der Waals surface area contributed by atoms with E-state index in [-0.39, 0.29) is 22.9 Å². The summed E-state index contributed by atoms with van der Waals surface area (Å²) in [5, 5.41) is 3.01. The summed E-state index contributed by atoms with van der Waals surface area (Å²) < 4.78 is 13.5. The van der Waals surface area contributed by atoms with Crippen molar-refractivity contribution in [2.75, 3.05) is 6.54 Å². The van der Waals surface area contributed by atoms with Crippen LogP contribution in [-0.4, -0.2) is 17.4 Å². The monoisotopic (exact) mass is 292 g/mol. The van der Waals surface area contributed by atoms with E-state index in [1.165, 1.54) is 12.1 Å². The number of nitrogens with one attached hydrogen (secondary N) is 1. The molecular formula is C15H14ClFN2O. The second kappa shape index (κ2) is 7.01. The molecule has 0 atom stereocenters. The third-order valence-corrected chi connectivity index (χ3v) is 3.21. The van der Waals surface area contributed by atoms with Crippen LogP contribution in [0.15, 0.2) is 42.7 Å². The second-order valence-corrected chi connectivity index (χ2v) is 4.75. The minimum Gasteiger partial charge on any atom is -0.355 e. The number of nitrogens with zero attached hydrogens (tertiary/aromatic N) is 1. The number of benzene rings is 1. The number of hydrogen-bond acceptors (Lipinski definition) is 2. The third-order valence-electron chi connectivity index (χ3n) is 2.86. The number of pyridine rings is 1. The van der Waals surface area contributed by atoms with Crippen LogP contribution in [0, 0.1) is 5.82 Å². The predicted octanol–water partition coefficient (Wildman–Crippen LogP) is 2.78. The van der Waals surface area contributed by atoms with Gasteiger partial charge in [-0.15, -0.1) is 0 Å². The Morgan fingerprint density at radius 1 is 1.30 bits per heavy atom. The summed E-state index contributed by atoms with van der Waals surface area (Å²) in [5.74, 6) is -0.708. The average molecular weight is 293 g/mol. The van der Waals surface area contributed by atoms with Crippen LogP contribution in [0.2, 0.25) is 5.02 Å². The van der Waals surface area contributed by atoms with Gasteiger partial charge in [0.15, 0.2) is 0 Å². The Balaban J connectivity index is 1.84. The van der Waals surface area contributed by atoms with Gasteiger partial charge < -0.3 is 5.32 Å². The fraction of sp³-hybridized carbons (Fsp3) is 0.200. The fourth-order valence-corrected chi connectivity index (χ4v) is 2.05. The number of hydrogen-bond donors (Lipinski definition) is 1. The van der Waals surface area contributed by atoms with E-state index in [1.807, 2.05) is 12.1 Å². The maximum atomic E-state index is 13.5. The minimum absolute atomic E-state index is 0.0570. The highest BCUT2D eigenvalue weighted by Crippen LogP contribution is 2.19. The zero-order chi connectivity index (χ0) is 14.4. The summed E-state index contributed by atoms with van der Waals surface area (Å²) in [7, 11) is 0. The summed E-state index contributed by atoms with van der Waals surface area (Å²) in [6.45, 7) is 0.483. The number of carbonyl (C=O) groups is 1. The molecule has 1 N–H and O–H groups in total. The Hall–Kier alpha value is -1.94. The molecular weight excluding hydrogens is 279 g/mol. The van der Waals surface area contributed by atoms with Gasteiger partial charge in [0.25, 0.3) is 0 Å². The molecule has 0 aliphatic carbocycles. The lowest BCUT2D eigenvalue weighted by atomic mass is 10.1. The Bertz CT molecular complexity index is 569. The average Bonchev–Trinajstić information content (AvgIpc) is 2.44. The highest BCUT2D eigenvalue weighted by molar-refractivity contribution is 6.31. The van der Waals surface area contributed by atoms with Gasteiger partial charge >= 0.3 is 0 Å². The Labute approximate surface area is 121 Å². The van der Waals surface area contributed by atoms with Crippen LogP contribution in [0.3, 0.4) is 0 Å². The Kier molecular flexibility index (Phi) is 5.07. The third kappa shape index (κ3) is 4.03. The van der Waals surface area contributed by atoms with Crippen molar-refractivity contribution in [3.05, 3.63) is 64.7 Å². The van der Waals surface area contributed by atoms with Crippen molar-refractivity contribution in [2.45, 2.75) is 12.8 Å². The van der Waals surface area contributed by atoms with Gasteiger partial charge in [-0.1, -0.05) is 23.7 Å². The first-order chi connectivity index (χ1) is 9.66. The summed E-state index contributed by atoms with van der Waals surface area (Å²) in [6.07, 6.45) is 4.07. The first-order valence-electron chi connectivity index (χ1n) is 6.25.